The molecule has 2 aromatic rings. The maximum absolute atomic E-state index is 13.1. The first kappa shape index (κ1) is 15.0. The topological polar surface area (TPSA) is 37.8 Å². The number of aromatic nitrogens is 2. The maximum atomic E-state index is 13.1. The Labute approximate surface area is 127 Å². The van der Waals surface area contributed by atoms with Crippen LogP contribution < -0.4 is 5.32 Å². The Morgan fingerprint density at radius 3 is 2.40 bits per heavy atom. The van der Waals surface area contributed by atoms with Crippen molar-refractivity contribution in [2.45, 2.75) is 26.2 Å². The van der Waals surface area contributed by atoms with E-state index in [1.54, 1.807) is 12.1 Å². The van der Waals surface area contributed by atoms with Gasteiger partial charge in [0.2, 0.25) is 0 Å². The summed E-state index contributed by atoms with van der Waals surface area (Å²) in [7, 11) is 0. The van der Waals surface area contributed by atoms with Gasteiger partial charge in [0, 0.05) is 17.2 Å². The van der Waals surface area contributed by atoms with Crippen LogP contribution in [-0.4, -0.2) is 9.97 Å². The van der Waals surface area contributed by atoms with E-state index in [-0.39, 0.29) is 10.4 Å². The second kappa shape index (κ2) is 5.54. The molecule has 1 N–H and O–H groups in total. The van der Waals surface area contributed by atoms with Crippen LogP contribution in [0.5, 0.6) is 0 Å². The summed E-state index contributed by atoms with van der Waals surface area (Å²) in [6.07, 6.45) is 0. The lowest BCUT2D eigenvalue weighted by atomic mass is 9.96. The molecule has 0 saturated heterocycles. The van der Waals surface area contributed by atoms with Crippen LogP contribution in [0.4, 0.5) is 15.9 Å². The van der Waals surface area contributed by atoms with Crippen molar-refractivity contribution in [3.63, 3.8) is 0 Å². The van der Waals surface area contributed by atoms with Gasteiger partial charge in [-0.2, -0.15) is 0 Å². The highest BCUT2D eigenvalue weighted by Crippen LogP contribution is 2.25. The molecule has 0 saturated carbocycles. The van der Waals surface area contributed by atoms with E-state index in [1.165, 1.54) is 12.1 Å². The molecule has 0 aliphatic heterocycles. The van der Waals surface area contributed by atoms with Crippen molar-refractivity contribution < 1.29 is 4.39 Å². The zero-order chi connectivity index (χ0) is 14.9. The molecular formula is C14H14Cl2FN3. The minimum atomic E-state index is -0.465. The molecule has 0 amide bonds. The van der Waals surface area contributed by atoms with Crippen molar-refractivity contribution in [1.82, 2.24) is 9.97 Å². The summed E-state index contributed by atoms with van der Waals surface area (Å²) in [6, 6.07) is 5.96. The summed E-state index contributed by atoms with van der Waals surface area (Å²) < 4.78 is 13.1. The highest BCUT2D eigenvalue weighted by Gasteiger charge is 2.19. The average Bonchev–Trinajstić information content (AvgIpc) is 2.32. The highest BCUT2D eigenvalue weighted by molar-refractivity contribution is 6.31. The molecular weight excluding hydrogens is 300 g/mol. The molecule has 1 aromatic heterocycles. The Hall–Kier alpha value is -1.39. The zero-order valence-corrected chi connectivity index (χ0v) is 12.8. The first-order valence-electron chi connectivity index (χ1n) is 6.03. The summed E-state index contributed by atoms with van der Waals surface area (Å²) in [6.45, 7) is 5.99. The van der Waals surface area contributed by atoms with Crippen LogP contribution in [0, 0.1) is 5.82 Å². The summed E-state index contributed by atoms with van der Waals surface area (Å²) >= 11 is 11.7. The number of benzene rings is 1. The zero-order valence-electron chi connectivity index (χ0n) is 11.3. The monoisotopic (exact) mass is 313 g/mol. The molecule has 0 aliphatic carbocycles. The van der Waals surface area contributed by atoms with Crippen molar-refractivity contribution in [3.8, 4) is 0 Å². The first-order chi connectivity index (χ1) is 9.25. The van der Waals surface area contributed by atoms with Gasteiger partial charge >= 0.3 is 0 Å². The molecule has 0 aliphatic rings. The number of nitrogens with one attached hydrogen (secondary N) is 1. The second-order valence-electron chi connectivity index (χ2n) is 5.40. The van der Waals surface area contributed by atoms with Gasteiger partial charge in [0.1, 0.15) is 22.6 Å². The third-order valence-electron chi connectivity index (χ3n) is 2.56. The van der Waals surface area contributed by atoms with Gasteiger partial charge in [0.05, 0.1) is 5.02 Å². The molecule has 0 spiro atoms. The van der Waals surface area contributed by atoms with Crippen molar-refractivity contribution >= 4 is 34.7 Å². The van der Waals surface area contributed by atoms with E-state index in [1.807, 2.05) is 20.8 Å². The molecule has 0 bridgehead atoms. The van der Waals surface area contributed by atoms with E-state index in [0.29, 0.717) is 22.5 Å². The van der Waals surface area contributed by atoms with Gasteiger partial charge in [-0.1, -0.05) is 44.0 Å². The Balaban J connectivity index is 2.33. The fourth-order valence-electron chi connectivity index (χ4n) is 1.54. The number of hydrogen-bond acceptors (Lipinski definition) is 3. The van der Waals surface area contributed by atoms with Gasteiger partial charge in [-0.15, -0.1) is 0 Å². The van der Waals surface area contributed by atoms with Gasteiger partial charge in [0.15, 0.2) is 0 Å². The molecule has 20 heavy (non-hydrogen) atoms. The number of rotatable bonds is 2. The Morgan fingerprint density at radius 2 is 1.80 bits per heavy atom. The van der Waals surface area contributed by atoms with Crippen LogP contribution in [0.2, 0.25) is 10.2 Å². The maximum Gasteiger partial charge on any atom is 0.141 e. The summed E-state index contributed by atoms with van der Waals surface area (Å²) in [4.78, 5) is 8.62. The number of nitrogens with zero attached hydrogens (tertiary/aromatic N) is 2. The lowest BCUT2D eigenvalue weighted by molar-refractivity contribution is 0.546. The van der Waals surface area contributed by atoms with Crippen LogP contribution in [0.25, 0.3) is 0 Å². The fraction of sp³-hybridized carbons (Fsp3) is 0.286. The third-order valence-corrected chi connectivity index (χ3v) is 3.04. The number of halogens is 3. The lowest BCUT2D eigenvalue weighted by Gasteiger charge is -2.18. The Kier molecular flexibility index (Phi) is 4.16. The van der Waals surface area contributed by atoms with Crippen molar-refractivity contribution in [2.75, 3.05) is 5.32 Å². The second-order valence-corrected chi connectivity index (χ2v) is 6.20. The molecule has 0 atom stereocenters. The molecule has 106 valence electrons. The normalized spacial score (nSPS) is 11.5. The van der Waals surface area contributed by atoms with Gasteiger partial charge < -0.3 is 5.32 Å². The quantitative estimate of drug-likeness (QED) is 0.796. The van der Waals surface area contributed by atoms with Crippen molar-refractivity contribution in [2.24, 2.45) is 0 Å². The van der Waals surface area contributed by atoms with E-state index < -0.39 is 5.82 Å². The standard InChI is InChI=1S/C14H14Cl2FN3/c1-14(2,3)13-19-11(16)7-12(20-13)18-8-4-5-10(17)9(15)6-8/h4-7H,1-3H3,(H,18,19,20). The van der Waals surface area contributed by atoms with E-state index in [2.05, 4.69) is 15.3 Å². The van der Waals surface area contributed by atoms with Gasteiger partial charge in [-0.3, -0.25) is 0 Å². The van der Waals surface area contributed by atoms with E-state index in [4.69, 9.17) is 23.2 Å². The van der Waals surface area contributed by atoms with Crippen LogP contribution in [0.3, 0.4) is 0 Å². The van der Waals surface area contributed by atoms with Crippen LogP contribution in [0.15, 0.2) is 24.3 Å². The Bertz CT molecular complexity index is 639. The van der Waals surface area contributed by atoms with Gasteiger partial charge in [0.25, 0.3) is 0 Å². The van der Waals surface area contributed by atoms with Crippen molar-refractivity contribution in [3.05, 3.63) is 46.1 Å². The number of anilines is 2. The molecule has 0 fully saturated rings. The molecule has 0 radical (unpaired) electrons. The third kappa shape index (κ3) is 3.58. The molecule has 1 aromatic carbocycles. The molecule has 2 rings (SSSR count). The SMILES string of the molecule is CC(C)(C)c1nc(Cl)cc(Nc2ccc(F)c(Cl)c2)n1. The number of hydrogen-bond donors (Lipinski definition) is 1. The Morgan fingerprint density at radius 1 is 1.10 bits per heavy atom. The molecule has 6 heteroatoms. The smallest absolute Gasteiger partial charge is 0.141 e. The van der Waals surface area contributed by atoms with Crippen molar-refractivity contribution in [1.29, 1.82) is 0 Å². The summed E-state index contributed by atoms with van der Waals surface area (Å²) in [5.41, 5.74) is 0.410. The summed E-state index contributed by atoms with van der Waals surface area (Å²) in [5, 5.41) is 3.43. The van der Waals surface area contributed by atoms with E-state index in [9.17, 15) is 4.39 Å². The fourth-order valence-corrected chi connectivity index (χ4v) is 1.90. The van der Waals surface area contributed by atoms with E-state index in [0.717, 1.165) is 0 Å². The minimum absolute atomic E-state index is 0.0474. The molecule has 0 unspecified atom stereocenters. The van der Waals surface area contributed by atoms with Gasteiger partial charge in [-0.05, 0) is 18.2 Å². The predicted octanol–water partition coefficient (Wildman–Crippen LogP) is 4.96. The predicted molar refractivity (Wildman–Crippen MR) is 80.4 cm³/mol. The first-order valence-corrected chi connectivity index (χ1v) is 6.78. The molecule has 1 heterocycles. The lowest BCUT2D eigenvalue weighted by Crippen LogP contribution is -2.16. The largest absolute Gasteiger partial charge is 0.340 e. The highest BCUT2D eigenvalue weighted by atomic mass is 35.5. The van der Waals surface area contributed by atoms with Gasteiger partial charge in [-0.25, -0.2) is 14.4 Å². The molecule has 3 nitrogen and oxygen atoms in total. The van der Waals surface area contributed by atoms with Crippen LogP contribution in [0.1, 0.15) is 26.6 Å². The summed E-state index contributed by atoms with van der Waals surface area (Å²) in [5.74, 6) is 0.701. The average molecular weight is 314 g/mol. The van der Waals surface area contributed by atoms with Crippen LogP contribution >= 0.6 is 23.2 Å². The minimum Gasteiger partial charge on any atom is -0.340 e. The van der Waals surface area contributed by atoms with Crippen LogP contribution in [-0.2, 0) is 5.41 Å². The van der Waals surface area contributed by atoms with E-state index >= 15 is 0 Å².